The molecule has 0 aromatic heterocycles. The van der Waals surface area contributed by atoms with E-state index in [0.29, 0.717) is 23.8 Å². The molecule has 0 N–H and O–H groups in total. The zero-order valence-corrected chi connectivity index (χ0v) is 13.9. The van der Waals surface area contributed by atoms with E-state index in [1.165, 1.54) is 12.1 Å². The van der Waals surface area contributed by atoms with E-state index in [-0.39, 0.29) is 18.3 Å². The molecule has 0 aliphatic carbocycles. The number of nitrogens with zero attached hydrogens (tertiary/aromatic N) is 1. The van der Waals surface area contributed by atoms with Crippen LogP contribution in [0.2, 0.25) is 0 Å². The Morgan fingerprint density at radius 2 is 1.88 bits per heavy atom. The maximum absolute atomic E-state index is 13.0. The number of rotatable bonds is 6. The van der Waals surface area contributed by atoms with E-state index >= 15 is 0 Å². The molecule has 2 aromatic carbocycles. The number of carbonyl (C=O) groups excluding carboxylic acids is 2. The molecule has 1 unspecified atom stereocenters. The monoisotopic (exact) mass is 341 g/mol. The summed E-state index contributed by atoms with van der Waals surface area (Å²) in [6.45, 7) is 1.41. The van der Waals surface area contributed by atoms with Crippen LogP contribution in [0, 0.1) is 11.7 Å². The van der Waals surface area contributed by atoms with Crippen LogP contribution in [-0.4, -0.2) is 36.8 Å². The SMILES string of the molecule is O=Cc1ccc(OCC(=O)N2CCC(Cc3ccc(F)cc3)C2)cc1. The third-order valence-corrected chi connectivity index (χ3v) is 4.45. The van der Waals surface area contributed by atoms with Gasteiger partial charge in [0.1, 0.15) is 17.9 Å². The van der Waals surface area contributed by atoms with E-state index in [4.69, 9.17) is 4.74 Å². The Bertz CT molecular complexity index is 728. The van der Waals surface area contributed by atoms with Gasteiger partial charge in [0.25, 0.3) is 5.91 Å². The van der Waals surface area contributed by atoms with Crippen molar-refractivity contribution in [2.24, 2.45) is 5.92 Å². The van der Waals surface area contributed by atoms with E-state index in [1.54, 1.807) is 36.4 Å². The largest absolute Gasteiger partial charge is 0.484 e. The third kappa shape index (κ3) is 4.66. The summed E-state index contributed by atoms with van der Waals surface area (Å²) in [5.74, 6) is 0.689. The lowest BCUT2D eigenvalue weighted by Gasteiger charge is -2.17. The van der Waals surface area contributed by atoms with Gasteiger partial charge >= 0.3 is 0 Å². The fourth-order valence-corrected chi connectivity index (χ4v) is 3.06. The highest BCUT2D eigenvalue weighted by atomic mass is 19.1. The Kier molecular flexibility index (Phi) is 5.43. The molecular weight excluding hydrogens is 321 g/mol. The predicted octanol–water partition coefficient (Wildman–Crippen LogP) is 3.11. The van der Waals surface area contributed by atoms with E-state index in [2.05, 4.69) is 0 Å². The second-order valence-corrected chi connectivity index (χ2v) is 6.30. The van der Waals surface area contributed by atoms with Crippen LogP contribution in [0.15, 0.2) is 48.5 Å². The summed E-state index contributed by atoms with van der Waals surface area (Å²) < 4.78 is 18.4. The lowest BCUT2D eigenvalue weighted by Crippen LogP contribution is -2.33. The van der Waals surface area contributed by atoms with Crippen LogP contribution in [0.5, 0.6) is 5.75 Å². The van der Waals surface area contributed by atoms with Crippen LogP contribution < -0.4 is 4.74 Å². The average Bonchev–Trinajstić information content (AvgIpc) is 3.10. The Balaban J connectivity index is 1.46. The van der Waals surface area contributed by atoms with Gasteiger partial charge in [-0.05, 0) is 60.7 Å². The van der Waals surface area contributed by atoms with E-state index in [9.17, 15) is 14.0 Å². The molecule has 0 spiro atoms. The first kappa shape index (κ1) is 17.1. The van der Waals surface area contributed by atoms with Crippen LogP contribution in [0.25, 0.3) is 0 Å². The van der Waals surface area contributed by atoms with Crippen LogP contribution >= 0.6 is 0 Å². The van der Waals surface area contributed by atoms with Gasteiger partial charge in [-0.25, -0.2) is 4.39 Å². The molecule has 25 heavy (non-hydrogen) atoms. The fourth-order valence-electron chi connectivity index (χ4n) is 3.06. The highest BCUT2D eigenvalue weighted by Gasteiger charge is 2.26. The van der Waals surface area contributed by atoms with Crippen molar-refractivity contribution in [3.05, 3.63) is 65.5 Å². The van der Waals surface area contributed by atoms with Crippen molar-refractivity contribution >= 4 is 12.2 Å². The highest BCUT2D eigenvalue weighted by molar-refractivity contribution is 5.78. The number of halogens is 1. The maximum Gasteiger partial charge on any atom is 0.260 e. The summed E-state index contributed by atoms with van der Waals surface area (Å²) in [5.41, 5.74) is 1.66. The van der Waals surface area contributed by atoms with Crippen molar-refractivity contribution in [3.63, 3.8) is 0 Å². The summed E-state index contributed by atoms with van der Waals surface area (Å²) in [6.07, 6.45) is 2.55. The number of amides is 1. The van der Waals surface area contributed by atoms with E-state index in [0.717, 1.165) is 31.2 Å². The molecule has 3 rings (SSSR count). The van der Waals surface area contributed by atoms with Gasteiger partial charge in [-0.15, -0.1) is 0 Å². The minimum absolute atomic E-state index is 0.0102. The number of aldehydes is 1. The van der Waals surface area contributed by atoms with Crippen molar-refractivity contribution in [2.45, 2.75) is 12.8 Å². The second kappa shape index (κ2) is 7.92. The van der Waals surface area contributed by atoms with Gasteiger partial charge in [0.2, 0.25) is 0 Å². The second-order valence-electron chi connectivity index (χ2n) is 6.30. The van der Waals surface area contributed by atoms with Crippen LogP contribution in [0.3, 0.4) is 0 Å². The highest BCUT2D eigenvalue weighted by Crippen LogP contribution is 2.21. The molecule has 1 saturated heterocycles. The molecule has 1 atom stereocenters. The van der Waals surface area contributed by atoms with Crippen LogP contribution in [0.4, 0.5) is 4.39 Å². The molecule has 1 amide bonds. The Morgan fingerprint density at radius 3 is 2.56 bits per heavy atom. The standard InChI is InChI=1S/C20H20FNO3/c21-18-5-1-15(2-6-18)11-17-9-10-22(12-17)20(24)14-25-19-7-3-16(13-23)4-8-19/h1-8,13,17H,9-12,14H2. The minimum Gasteiger partial charge on any atom is -0.484 e. The van der Waals surface area contributed by atoms with Crippen LogP contribution in [0.1, 0.15) is 22.3 Å². The lowest BCUT2D eigenvalue weighted by atomic mass is 9.99. The molecule has 1 fully saturated rings. The zero-order valence-electron chi connectivity index (χ0n) is 13.9. The fraction of sp³-hybridized carbons (Fsp3) is 0.300. The quantitative estimate of drug-likeness (QED) is 0.759. The maximum atomic E-state index is 13.0. The molecule has 2 aromatic rings. The first-order valence-electron chi connectivity index (χ1n) is 8.34. The molecule has 0 radical (unpaired) electrons. The minimum atomic E-state index is -0.231. The van der Waals surface area contributed by atoms with Gasteiger partial charge in [0.15, 0.2) is 6.61 Å². The summed E-state index contributed by atoms with van der Waals surface area (Å²) >= 11 is 0. The number of carbonyl (C=O) groups is 2. The van der Waals surface area contributed by atoms with Crippen molar-refractivity contribution in [2.75, 3.05) is 19.7 Å². The summed E-state index contributed by atoms with van der Waals surface area (Å²) in [5, 5.41) is 0. The molecule has 0 saturated carbocycles. The Labute approximate surface area is 146 Å². The summed E-state index contributed by atoms with van der Waals surface area (Å²) in [7, 11) is 0. The van der Waals surface area contributed by atoms with E-state index in [1.807, 2.05) is 4.90 Å². The third-order valence-electron chi connectivity index (χ3n) is 4.45. The van der Waals surface area contributed by atoms with Gasteiger partial charge in [0, 0.05) is 18.7 Å². The topological polar surface area (TPSA) is 46.6 Å². The number of likely N-dealkylation sites (tertiary alicyclic amines) is 1. The first-order chi connectivity index (χ1) is 12.1. The molecular formula is C20H20FNO3. The van der Waals surface area contributed by atoms with Gasteiger partial charge in [-0.1, -0.05) is 12.1 Å². The van der Waals surface area contributed by atoms with Gasteiger partial charge in [-0.2, -0.15) is 0 Å². The zero-order chi connectivity index (χ0) is 17.6. The molecule has 1 aliphatic rings. The van der Waals surface area contributed by atoms with Crippen molar-refractivity contribution in [3.8, 4) is 5.75 Å². The smallest absolute Gasteiger partial charge is 0.260 e. The molecule has 4 nitrogen and oxygen atoms in total. The van der Waals surface area contributed by atoms with E-state index < -0.39 is 0 Å². The first-order valence-corrected chi connectivity index (χ1v) is 8.34. The molecule has 130 valence electrons. The predicted molar refractivity (Wildman–Crippen MR) is 92.1 cm³/mol. The van der Waals surface area contributed by atoms with Crippen molar-refractivity contribution in [1.29, 1.82) is 0 Å². The molecule has 5 heteroatoms. The Morgan fingerprint density at radius 1 is 1.16 bits per heavy atom. The van der Waals surface area contributed by atoms with Gasteiger partial charge in [-0.3, -0.25) is 9.59 Å². The summed E-state index contributed by atoms with van der Waals surface area (Å²) in [6, 6.07) is 13.2. The summed E-state index contributed by atoms with van der Waals surface area (Å²) in [4.78, 5) is 24.7. The molecule has 1 heterocycles. The van der Waals surface area contributed by atoms with Crippen LogP contribution in [-0.2, 0) is 11.2 Å². The Hall–Kier alpha value is -2.69. The van der Waals surface area contributed by atoms with Crippen molar-refractivity contribution < 1.29 is 18.7 Å². The van der Waals surface area contributed by atoms with Gasteiger partial charge < -0.3 is 9.64 Å². The van der Waals surface area contributed by atoms with Crippen molar-refractivity contribution in [1.82, 2.24) is 4.90 Å². The number of hydrogen-bond donors (Lipinski definition) is 0. The van der Waals surface area contributed by atoms with Gasteiger partial charge in [0.05, 0.1) is 0 Å². The lowest BCUT2D eigenvalue weighted by molar-refractivity contribution is -0.132. The molecule has 1 aliphatic heterocycles. The normalized spacial score (nSPS) is 16.7. The average molecular weight is 341 g/mol. The molecule has 0 bridgehead atoms. The number of ether oxygens (including phenoxy) is 1. The number of benzene rings is 2. The number of hydrogen-bond acceptors (Lipinski definition) is 3.